The summed E-state index contributed by atoms with van der Waals surface area (Å²) >= 11 is 2.16. The molecule has 0 saturated carbocycles. The fraction of sp³-hybridized carbons (Fsp3) is 0.286. The van der Waals surface area contributed by atoms with Crippen molar-refractivity contribution in [1.82, 2.24) is 0 Å². The normalized spacial score (nSPS) is 9.74. The first kappa shape index (κ1) is 15.7. The zero-order valence-corrected chi connectivity index (χ0v) is 12.6. The number of carbonyl (C=O) groups is 2. The first-order chi connectivity index (χ1) is 9.13. The van der Waals surface area contributed by atoms with Crippen LogP contribution in [0.25, 0.3) is 0 Å². The summed E-state index contributed by atoms with van der Waals surface area (Å²) in [4.78, 5) is 22.8. The number of ether oxygens (including phenoxy) is 2. The van der Waals surface area contributed by atoms with Gasteiger partial charge in [-0.05, 0) is 53.3 Å². The highest BCUT2D eigenvalue weighted by molar-refractivity contribution is 14.1. The summed E-state index contributed by atoms with van der Waals surface area (Å²) < 4.78 is 10.9. The van der Waals surface area contributed by atoms with E-state index in [-0.39, 0.29) is 31.6 Å². The summed E-state index contributed by atoms with van der Waals surface area (Å²) in [5.41, 5.74) is 0.509. The Hall–Kier alpha value is -1.37. The van der Waals surface area contributed by atoms with E-state index in [1.807, 2.05) is 12.1 Å². The predicted octanol–water partition coefficient (Wildman–Crippen LogP) is 2.96. The molecule has 1 aromatic carbocycles. The van der Waals surface area contributed by atoms with Crippen LogP contribution in [0, 0.1) is 3.57 Å². The molecule has 0 fully saturated rings. The molecular weight excluding hydrogens is 359 g/mol. The van der Waals surface area contributed by atoms with Crippen molar-refractivity contribution in [2.24, 2.45) is 0 Å². The molecule has 0 heterocycles. The van der Waals surface area contributed by atoms with Crippen LogP contribution in [0.3, 0.4) is 0 Å². The van der Waals surface area contributed by atoms with Crippen LogP contribution < -0.4 is 0 Å². The lowest BCUT2D eigenvalue weighted by Crippen LogP contribution is -2.09. The number of benzene rings is 1. The van der Waals surface area contributed by atoms with Gasteiger partial charge in [0.25, 0.3) is 0 Å². The smallest absolute Gasteiger partial charge is 0.338 e. The summed E-state index contributed by atoms with van der Waals surface area (Å²) in [5, 5.41) is 0. The molecule has 0 amide bonds. The Balaban J connectivity index is 2.22. The highest BCUT2D eigenvalue weighted by atomic mass is 127. The molecule has 0 radical (unpaired) electrons. The number of hydrogen-bond acceptors (Lipinski definition) is 4. The van der Waals surface area contributed by atoms with Crippen molar-refractivity contribution in [2.75, 3.05) is 13.2 Å². The Morgan fingerprint density at radius 2 is 1.89 bits per heavy atom. The maximum Gasteiger partial charge on any atom is 0.338 e. The Kier molecular flexibility index (Phi) is 7.17. The van der Waals surface area contributed by atoms with E-state index in [0.29, 0.717) is 12.0 Å². The van der Waals surface area contributed by atoms with Gasteiger partial charge in [-0.3, -0.25) is 4.79 Å². The fourth-order valence-electron chi connectivity index (χ4n) is 1.27. The van der Waals surface area contributed by atoms with E-state index in [9.17, 15) is 9.59 Å². The van der Waals surface area contributed by atoms with Gasteiger partial charge in [-0.2, -0.15) is 0 Å². The molecule has 0 aliphatic rings. The van der Waals surface area contributed by atoms with Crippen LogP contribution in [0.1, 0.15) is 23.2 Å². The Morgan fingerprint density at radius 1 is 1.21 bits per heavy atom. The van der Waals surface area contributed by atoms with Crippen LogP contribution >= 0.6 is 22.6 Å². The van der Waals surface area contributed by atoms with Gasteiger partial charge in [0.05, 0.1) is 12.2 Å². The van der Waals surface area contributed by atoms with Crippen LogP contribution in [0.4, 0.5) is 0 Å². The third kappa shape index (κ3) is 6.37. The van der Waals surface area contributed by atoms with E-state index in [1.54, 1.807) is 12.1 Å². The quantitative estimate of drug-likeness (QED) is 0.319. The number of rotatable bonds is 7. The van der Waals surface area contributed by atoms with Crippen molar-refractivity contribution in [3.63, 3.8) is 0 Å². The molecule has 1 aromatic rings. The van der Waals surface area contributed by atoms with Gasteiger partial charge in [0.1, 0.15) is 6.61 Å². The second-order valence-corrected chi connectivity index (χ2v) is 4.96. The van der Waals surface area contributed by atoms with Crippen molar-refractivity contribution < 1.29 is 19.1 Å². The number of carbonyl (C=O) groups excluding carboxylic acids is 2. The van der Waals surface area contributed by atoms with Crippen LogP contribution in [0.15, 0.2) is 36.9 Å². The van der Waals surface area contributed by atoms with Gasteiger partial charge in [0.2, 0.25) is 0 Å². The summed E-state index contributed by atoms with van der Waals surface area (Å²) in [5.74, 6) is -0.693. The number of halogens is 1. The molecule has 0 unspecified atom stereocenters. The van der Waals surface area contributed by atoms with Gasteiger partial charge in [0.15, 0.2) is 0 Å². The lowest BCUT2D eigenvalue weighted by Gasteiger charge is -2.05. The molecule has 0 aliphatic heterocycles. The van der Waals surface area contributed by atoms with Crippen LogP contribution in [0.2, 0.25) is 0 Å². The van der Waals surface area contributed by atoms with Crippen molar-refractivity contribution in [3.8, 4) is 0 Å². The zero-order chi connectivity index (χ0) is 14.1. The molecule has 0 bridgehead atoms. The van der Waals surface area contributed by atoms with E-state index >= 15 is 0 Å². The van der Waals surface area contributed by atoms with Crippen molar-refractivity contribution in [2.45, 2.75) is 12.8 Å². The second-order valence-electron chi connectivity index (χ2n) is 3.72. The molecule has 1 rings (SSSR count). The molecule has 0 aliphatic carbocycles. The largest absolute Gasteiger partial charge is 0.462 e. The van der Waals surface area contributed by atoms with Crippen LogP contribution in [-0.4, -0.2) is 25.2 Å². The standard InChI is InChI=1S/C14H15IO4/c1-2-9-18-13(16)4-3-10-19-14(17)11-5-7-12(15)8-6-11/h2,5-8H,1,3-4,9-10H2. The molecule has 0 N–H and O–H groups in total. The monoisotopic (exact) mass is 374 g/mol. The minimum Gasteiger partial charge on any atom is -0.462 e. The van der Waals surface area contributed by atoms with Gasteiger partial charge in [-0.1, -0.05) is 12.7 Å². The Bertz CT molecular complexity index is 439. The summed E-state index contributed by atoms with van der Waals surface area (Å²) in [7, 11) is 0. The average molecular weight is 374 g/mol. The van der Waals surface area contributed by atoms with E-state index < -0.39 is 0 Å². The summed E-state index contributed by atoms with van der Waals surface area (Å²) in [6.07, 6.45) is 2.19. The first-order valence-corrected chi connectivity index (χ1v) is 6.90. The van der Waals surface area contributed by atoms with Gasteiger partial charge < -0.3 is 9.47 Å². The maximum atomic E-state index is 11.6. The van der Waals surface area contributed by atoms with Crippen molar-refractivity contribution in [3.05, 3.63) is 46.1 Å². The molecule has 4 nitrogen and oxygen atoms in total. The van der Waals surface area contributed by atoms with E-state index in [0.717, 1.165) is 3.57 Å². The highest BCUT2D eigenvalue weighted by Crippen LogP contribution is 2.08. The van der Waals surface area contributed by atoms with Gasteiger partial charge in [0, 0.05) is 9.99 Å². The molecule has 0 saturated heterocycles. The fourth-order valence-corrected chi connectivity index (χ4v) is 1.63. The first-order valence-electron chi connectivity index (χ1n) is 5.82. The summed E-state index contributed by atoms with van der Waals surface area (Å²) in [6, 6.07) is 7.10. The van der Waals surface area contributed by atoms with E-state index in [2.05, 4.69) is 29.2 Å². The number of hydrogen-bond donors (Lipinski definition) is 0. The van der Waals surface area contributed by atoms with Gasteiger partial charge in [-0.15, -0.1) is 0 Å². The lowest BCUT2D eigenvalue weighted by atomic mass is 10.2. The third-order valence-electron chi connectivity index (χ3n) is 2.20. The second kappa shape index (κ2) is 8.68. The molecule has 102 valence electrons. The van der Waals surface area contributed by atoms with Crippen molar-refractivity contribution in [1.29, 1.82) is 0 Å². The van der Waals surface area contributed by atoms with Crippen LogP contribution in [0.5, 0.6) is 0 Å². The van der Waals surface area contributed by atoms with Crippen LogP contribution in [-0.2, 0) is 14.3 Å². The minimum absolute atomic E-state index is 0.202. The third-order valence-corrected chi connectivity index (χ3v) is 2.92. The molecule has 0 aromatic heterocycles. The highest BCUT2D eigenvalue weighted by Gasteiger charge is 2.07. The average Bonchev–Trinajstić information content (AvgIpc) is 2.41. The molecule has 19 heavy (non-hydrogen) atoms. The predicted molar refractivity (Wildman–Crippen MR) is 79.8 cm³/mol. The zero-order valence-electron chi connectivity index (χ0n) is 10.4. The summed E-state index contributed by atoms with van der Waals surface area (Å²) in [6.45, 7) is 3.86. The topological polar surface area (TPSA) is 52.6 Å². The number of esters is 2. The maximum absolute atomic E-state index is 11.6. The van der Waals surface area contributed by atoms with Gasteiger partial charge >= 0.3 is 11.9 Å². The Morgan fingerprint density at radius 3 is 2.53 bits per heavy atom. The molecule has 0 spiro atoms. The van der Waals surface area contributed by atoms with Gasteiger partial charge in [-0.25, -0.2) is 4.79 Å². The molecular formula is C14H15IO4. The molecule has 5 heteroatoms. The Labute approximate surface area is 125 Å². The van der Waals surface area contributed by atoms with Crippen molar-refractivity contribution >= 4 is 34.5 Å². The van der Waals surface area contributed by atoms with E-state index in [1.165, 1.54) is 6.08 Å². The lowest BCUT2D eigenvalue weighted by molar-refractivity contribution is -0.142. The van der Waals surface area contributed by atoms with E-state index in [4.69, 9.17) is 9.47 Å². The molecule has 0 atom stereocenters. The SMILES string of the molecule is C=CCOC(=O)CCCOC(=O)c1ccc(I)cc1. The minimum atomic E-state index is -0.379.